The quantitative estimate of drug-likeness (QED) is 0.639. The number of anilines is 1. The highest BCUT2D eigenvalue weighted by Crippen LogP contribution is 2.15. The molecule has 30 heavy (non-hydrogen) atoms. The van der Waals surface area contributed by atoms with Crippen molar-refractivity contribution >= 4 is 29.5 Å². The zero-order chi connectivity index (χ0) is 21.2. The first-order valence-electron chi connectivity index (χ1n) is 9.96. The van der Waals surface area contributed by atoms with Crippen molar-refractivity contribution in [1.82, 2.24) is 15.5 Å². The van der Waals surface area contributed by atoms with Crippen LogP contribution < -0.4 is 15.5 Å². The van der Waals surface area contributed by atoms with E-state index in [0.717, 1.165) is 18.8 Å². The van der Waals surface area contributed by atoms with E-state index in [2.05, 4.69) is 27.7 Å². The van der Waals surface area contributed by atoms with Gasteiger partial charge in [-0.2, -0.15) is 0 Å². The SMILES string of the molecule is O=C(/C=C/c1ccco1)NCCC(=O)NCC(=O)N1CCN(c2ccccc2)CC1. The third-order valence-electron chi connectivity index (χ3n) is 4.78. The third-order valence-corrected chi connectivity index (χ3v) is 4.78. The molecular formula is C22H26N4O4. The topological polar surface area (TPSA) is 94.9 Å². The minimum atomic E-state index is -0.313. The van der Waals surface area contributed by atoms with Gasteiger partial charge in [0.15, 0.2) is 0 Å². The van der Waals surface area contributed by atoms with E-state index in [1.807, 2.05) is 18.2 Å². The fraction of sp³-hybridized carbons (Fsp3) is 0.318. The summed E-state index contributed by atoms with van der Waals surface area (Å²) in [6.45, 7) is 2.94. The van der Waals surface area contributed by atoms with Gasteiger partial charge in [0.05, 0.1) is 12.8 Å². The minimum Gasteiger partial charge on any atom is -0.465 e. The molecule has 3 rings (SSSR count). The Bertz CT molecular complexity index is 857. The number of rotatable bonds is 8. The van der Waals surface area contributed by atoms with Crippen molar-refractivity contribution in [3.05, 3.63) is 60.6 Å². The molecule has 8 nitrogen and oxygen atoms in total. The molecule has 1 aromatic heterocycles. The largest absolute Gasteiger partial charge is 0.465 e. The molecule has 2 N–H and O–H groups in total. The number of furan rings is 1. The van der Waals surface area contributed by atoms with Crippen molar-refractivity contribution in [3.8, 4) is 0 Å². The predicted molar refractivity (Wildman–Crippen MR) is 114 cm³/mol. The lowest BCUT2D eigenvalue weighted by molar-refractivity contribution is -0.133. The Morgan fingerprint density at radius 1 is 0.967 bits per heavy atom. The molecule has 1 saturated heterocycles. The molecule has 1 aliphatic rings. The summed E-state index contributed by atoms with van der Waals surface area (Å²) in [7, 11) is 0. The molecule has 1 fully saturated rings. The van der Waals surface area contributed by atoms with E-state index in [1.165, 1.54) is 12.3 Å². The van der Waals surface area contributed by atoms with Crippen LogP contribution in [0.2, 0.25) is 0 Å². The molecule has 0 bridgehead atoms. The molecule has 0 radical (unpaired) electrons. The van der Waals surface area contributed by atoms with Gasteiger partial charge in [-0.25, -0.2) is 0 Å². The average Bonchev–Trinajstić information content (AvgIpc) is 3.30. The molecule has 3 amide bonds. The van der Waals surface area contributed by atoms with Gasteiger partial charge in [-0.15, -0.1) is 0 Å². The maximum Gasteiger partial charge on any atom is 0.244 e. The maximum atomic E-state index is 12.3. The number of nitrogens with zero attached hydrogens (tertiary/aromatic N) is 2. The number of amides is 3. The number of hydrogen-bond acceptors (Lipinski definition) is 5. The van der Waals surface area contributed by atoms with E-state index in [9.17, 15) is 14.4 Å². The first-order valence-corrected chi connectivity index (χ1v) is 9.96. The summed E-state index contributed by atoms with van der Waals surface area (Å²) in [5, 5.41) is 5.24. The first kappa shape index (κ1) is 21.2. The van der Waals surface area contributed by atoms with Crippen LogP contribution in [0.3, 0.4) is 0 Å². The molecule has 2 aromatic rings. The van der Waals surface area contributed by atoms with Gasteiger partial charge in [0.1, 0.15) is 5.76 Å². The Balaban J connectivity index is 1.29. The van der Waals surface area contributed by atoms with E-state index >= 15 is 0 Å². The van der Waals surface area contributed by atoms with Crippen molar-refractivity contribution in [3.63, 3.8) is 0 Å². The molecule has 1 aliphatic heterocycles. The van der Waals surface area contributed by atoms with Crippen LogP contribution >= 0.6 is 0 Å². The minimum absolute atomic E-state index is 0.0312. The molecule has 158 valence electrons. The van der Waals surface area contributed by atoms with Crippen LogP contribution in [0.25, 0.3) is 6.08 Å². The van der Waals surface area contributed by atoms with E-state index in [1.54, 1.807) is 23.1 Å². The van der Waals surface area contributed by atoms with E-state index < -0.39 is 0 Å². The molecule has 0 aliphatic carbocycles. The molecule has 0 saturated carbocycles. The van der Waals surface area contributed by atoms with Gasteiger partial charge >= 0.3 is 0 Å². The zero-order valence-corrected chi connectivity index (χ0v) is 16.8. The molecule has 0 spiro atoms. The fourth-order valence-electron chi connectivity index (χ4n) is 3.13. The van der Waals surface area contributed by atoms with Crippen LogP contribution in [0.5, 0.6) is 0 Å². The molecule has 0 unspecified atom stereocenters. The maximum absolute atomic E-state index is 12.3. The Labute approximate surface area is 175 Å². The standard InChI is InChI=1S/C22H26N4O4/c27-20(9-8-19-7-4-16-30-19)23-11-10-21(28)24-17-22(29)26-14-12-25(13-15-26)18-5-2-1-3-6-18/h1-9,16H,10-15,17H2,(H,23,27)(H,24,28)/b9-8+. The lowest BCUT2D eigenvalue weighted by Gasteiger charge is -2.36. The monoisotopic (exact) mass is 410 g/mol. The second-order valence-corrected chi connectivity index (χ2v) is 6.87. The predicted octanol–water partition coefficient (Wildman–Crippen LogP) is 1.26. The summed E-state index contributed by atoms with van der Waals surface area (Å²) < 4.78 is 5.09. The first-order chi connectivity index (χ1) is 14.6. The van der Waals surface area contributed by atoms with Crippen molar-refractivity contribution in [2.75, 3.05) is 44.2 Å². The summed E-state index contributed by atoms with van der Waals surface area (Å²) in [4.78, 5) is 39.9. The summed E-state index contributed by atoms with van der Waals surface area (Å²) >= 11 is 0. The van der Waals surface area contributed by atoms with Crippen LogP contribution in [-0.2, 0) is 14.4 Å². The Hall–Kier alpha value is -3.55. The third kappa shape index (κ3) is 6.51. The van der Waals surface area contributed by atoms with E-state index in [4.69, 9.17) is 4.42 Å². The number of nitrogens with one attached hydrogen (secondary N) is 2. The highest BCUT2D eigenvalue weighted by atomic mass is 16.3. The molecule has 0 atom stereocenters. The van der Waals surface area contributed by atoms with Crippen LogP contribution in [0.15, 0.2) is 59.2 Å². The summed E-state index contributed by atoms with van der Waals surface area (Å²) in [5.41, 5.74) is 1.15. The summed E-state index contributed by atoms with van der Waals surface area (Å²) in [6.07, 6.45) is 4.52. The Morgan fingerprint density at radius 3 is 2.43 bits per heavy atom. The Kier molecular flexibility index (Phi) is 7.65. The van der Waals surface area contributed by atoms with Crippen LogP contribution in [0.4, 0.5) is 5.69 Å². The van der Waals surface area contributed by atoms with Gasteiger partial charge in [-0.05, 0) is 30.3 Å². The van der Waals surface area contributed by atoms with E-state index in [-0.39, 0.29) is 37.2 Å². The Morgan fingerprint density at radius 2 is 1.73 bits per heavy atom. The smallest absolute Gasteiger partial charge is 0.244 e. The number of piperazine rings is 1. The fourth-order valence-corrected chi connectivity index (χ4v) is 3.13. The molecule has 1 aromatic carbocycles. The van der Waals surface area contributed by atoms with Crippen LogP contribution in [-0.4, -0.2) is 61.9 Å². The lowest BCUT2D eigenvalue weighted by Crippen LogP contribution is -2.51. The number of carbonyl (C=O) groups excluding carboxylic acids is 3. The summed E-state index contributed by atoms with van der Waals surface area (Å²) in [5.74, 6) is -0.111. The van der Waals surface area contributed by atoms with Crippen LogP contribution in [0.1, 0.15) is 12.2 Å². The van der Waals surface area contributed by atoms with Crippen LogP contribution in [0, 0.1) is 0 Å². The van der Waals surface area contributed by atoms with Crippen molar-refractivity contribution in [2.24, 2.45) is 0 Å². The second kappa shape index (κ2) is 10.8. The number of hydrogen-bond donors (Lipinski definition) is 2. The molecule has 2 heterocycles. The van der Waals surface area contributed by atoms with Crippen molar-refractivity contribution in [2.45, 2.75) is 6.42 Å². The van der Waals surface area contributed by atoms with Crippen molar-refractivity contribution in [1.29, 1.82) is 0 Å². The number of para-hydroxylation sites is 1. The second-order valence-electron chi connectivity index (χ2n) is 6.87. The van der Waals surface area contributed by atoms with Crippen molar-refractivity contribution < 1.29 is 18.8 Å². The van der Waals surface area contributed by atoms with Gasteiger partial charge in [0.25, 0.3) is 0 Å². The molecular weight excluding hydrogens is 384 g/mol. The average molecular weight is 410 g/mol. The highest BCUT2D eigenvalue weighted by molar-refractivity contribution is 5.91. The van der Waals surface area contributed by atoms with Gasteiger partial charge in [-0.1, -0.05) is 18.2 Å². The van der Waals surface area contributed by atoms with Gasteiger partial charge in [0.2, 0.25) is 17.7 Å². The molecule has 8 heteroatoms. The van der Waals surface area contributed by atoms with Gasteiger partial charge < -0.3 is 24.9 Å². The van der Waals surface area contributed by atoms with E-state index in [0.29, 0.717) is 18.8 Å². The lowest BCUT2D eigenvalue weighted by atomic mass is 10.2. The highest BCUT2D eigenvalue weighted by Gasteiger charge is 2.21. The zero-order valence-electron chi connectivity index (χ0n) is 16.8. The van der Waals surface area contributed by atoms with Gasteiger partial charge in [0, 0.05) is 50.9 Å². The summed E-state index contributed by atoms with van der Waals surface area (Å²) in [6, 6.07) is 13.6. The number of carbonyl (C=O) groups is 3. The normalized spacial score (nSPS) is 14.0. The van der Waals surface area contributed by atoms with Gasteiger partial charge in [-0.3, -0.25) is 14.4 Å². The number of benzene rings is 1.